The molecule has 7 aromatic carbocycles. The summed E-state index contributed by atoms with van der Waals surface area (Å²) in [7, 11) is 0. The molecule has 5 aromatic heterocycles. The van der Waals surface area contributed by atoms with E-state index in [1.165, 1.54) is 69.4 Å². The van der Waals surface area contributed by atoms with E-state index in [1.807, 2.05) is 23.5 Å². The molecule has 0 aliphatic rings. The third-order valence-electron chi connectivity index (χ3n) is 10.7. The minimum Gasteiger partial charge on any atom is -0.299 e. The summed E-state index contributed by atoms with van der Waals surface area (Å²) in [5.74, 6) is 0.673. The van der Waals surface area contributed by atoms with E-state index in [2.05, 4.69) is 155 Å². The molecule has 0 aliphatic heterocycles. The van der Waals surface area contributed by atoms with Gasteiger partial charge in [0.1, 0.15) is 4.83 Å². The summed E-state index contributed by atoms with van der Waals surface area (Å²) in [5.41, 5.74) is 10.1. The largest absolute Gasteiger partial charge is 0.299 e. The number of para-hydroxylation sites is 3. The predicted octanol–water partition coefficient (Wildman–Crippen LogP) is 12.4. The van der Waals surface area contributed by atoms with Crippen LogP contribution < -0.4 is 0 Å². The maximum absolute atomic E-state index is 5.25. The number of fused-ring (bicyclic) bond motifs is 12. The highest BCUT2D eigenvalue weighted by molar-refractivity contribution is 7.25. The molecule has 51 heavy (non-hydrogen) atoms. The van der Waals surface area contributed by atoms with Gasteiger partial charge in [0.2, 0.25) is 5.95 Å². The van der Waals surface area contributed by atoms with Crippen molar-refractivity contribution in [3.05, 3.63) is 158 Å². The quantitative estimate of drug-likeness (QED) is 0.188. The molecule has 5 heterocycles. The van der Waals surface area contributed by atoms with Crippen LogP contribution in [0.1, 0.15) is 0 Å². The van der Waals surface area contributed by atoms with Crippen LogP contribution in [0.25, 0.3) is 109 Å². The second kappa shape index (κ2) is 10.0. The zero-order chi connectivity index (χ0) is 33.2. The lowest BCUT2D eigenvalue weighted by Crippen LogP contribution is -2.03. The first-order valence-corrected chi connectivity index (χ1v) is 18.1. The molecule has 12 aromatic rings. The summed E-state index contributed by atoms with van der Waals surface area (Å²) in [4.78, 5) is 11.7. The second-order valence-corrected chi connectivity index (χ2v) is 14.4. The normalized spacial score (nSPS) is 12.3. The molecule has 12 rings (SSSR count). The smallest absolute Gasteiger partial charge is 0.235 e. The summed E-state index contributed by atoms with van der Waals surface area (Å²) < 4.78 is 6.05. The molecule has 0 saturated heterocycles. The van der Waals surface area contributed by atoms with Gasteiger partial charge in [0, 0.05) is 53.4 Å². The highest BCUT2D eigenvalue weighted by atomic mass is 32.1. The molecule has 236 valence electrons. The highest BCUT2D eigenvalue weighted by Gasteiger charge is 2.22. The van der Waals surface area contributed by atoms with Crippen LogP contribution in [0.3, 0.4) is 0 Å². The van der Waals surface area contributed by atoms with Gasteiger partial charge in [-0.05, 0) is 53.6 Å². The Hall–Kier alpha value is -6.56. The lowest BCUT2D eigenvalue weighted by molar-refractivity contribution is 1.01. The lowest BCUT2D eigenvalue weighted by Gasteiger charge is -2.12. The van der Waals surface area contributed by atoms with Gasteiger partial charge in [0.25, 0.3) is 0 Å². The van der Waals surface area contributed by atoms with Crippen LogP contribution in [0, 0.1) is 0 Å². The molecule has 0 radical (unpaired) electrons. The van der Waals surface area contributed by atoms with Crippen molar-refractivity contribution in [2.45, 2.75) is 0 Å². The Kier molecular flexibility index (Phi) is 5.35. The Morgan fingerprint density at radius 3 is 1.94 bits per heavy atom. The number of benzene rings is 7. The molecular weight excluding hydrogens is 641 g/mol. The Labute approximate surface area is 295 Å². The molecule has 0 fully saturated rings. The third-order valence-corrected chi connectivity index (χ3v) is 11.8. The summed E-state index contributed by atoms with van der Waals surface area (Å²) >= 11 is 1.89. The first kappa shape index (κ1) is 27.3. The molecule has 0 N–H and O–H groups in total. The van der Waals surface area contributed by atoms with Crippen LogP contribution in [-0.4, -0.2) is 18.9 Å². The SMILES string of the molecule is c1ccc(-c2nc(-n3c4ccccc4c4cc(-c5ccc6c(c5)c5cccc7c8c9ccccc9sc8n6c57)ccc43)nc3ccccc23)cc1. The highest BCUT2D eigenvalue weighted by Crippen LogP contribution is 2.46. The van der Waals surface area contributed by atoms with Crippen molar-refractivity contribution < 1.29 is 0 Å². The number of hydrogen-bond acceptors (Lipinski definition) is 3. The molecule has 0 aliphatic carbocycles. The van der Waals surface area contributed by atoms with Crippen molar-refractivity contribution in [1.29, 1.82) is 0 Å². The van der Waals surface area contributed by atoms with Gasteiger partial charge in [0.05, 0.1) is 33.3 Å². The summed E-state index contributed by atoms with van der Waals surface area (Å²) in [5, 5.41) is 10.0. The Morgan fingerprint density at radius 1 is 0.431 bits per heavy atom. The first-order valence-electron chi connectivity index (χ1n) is 17.3. The van der Waals surface area contributed by atoms with Crippen molar-refractivity contribution in [3.8, 4) is 28.3 Å². The molecule has 5 heteroatoms. The Balaban J connectivity index is 1.07. The molecule has 0 atom stereocenters. The van der Waals surface area contributed by atoms with E-state index >= 15 is 0 Å². The molecule has 0 saturated carbocycles. The fourth-order valence-corrected chi connectivity index (χ4v) is 9.70. The molecule has 0 bridgehead atoms. The van der Waals surface area contributed by atoms with E-state index in [1.54, 1.807) is 0 Å². The average molecular weight is 667 g/mol. The molecule has 0 spiro atoms. The molecule has 0 amide bonds. The van der Waals surface area contributed by atoms with E-state index in [0.717, 1.165) is 33.2 Å². The number of rotatable bonds is 3. The van der Waals surface area contributed by atoms with Crippen LogP contribution >= 0.6 is 11.3 Å². The predicted molar refractivity (Wildman–Crippen MR) is 215 cm³/mol. The van der Waals surface area contributed by atoms with Crippen LogP contribution in [0.4, 0.5) is 0 Å². The Morgan fingerprint density at radius 2 is 1.08 bits per heavy atom. The molecular formula is C46H26N4S. The lowest BCUT2D eigenvalue weighted by atomic mass is 10.00. The fourth-order valence-electron chi connectivity index (χ4n) is 8.46. The maximum atomic E-state index is 5.25. The van der Waals surface area contributed by atoms with Gasteiger partial charge in [-0.3, -0.25) is 8.97 Å². The topological polar surface area (TPSA) is 35.1 Å². The zero-order valence-corrected chi connectivity index (χ0v) is 28.0. The summed E-state index contributed by atoms with van der Waals surface area (Å²) in [6, 6.07) is 56.7. The third kappa shape index (κ3) is 3.68. The Bertz CT molecular complexity index is 3370. The summed E-state index contributed by atoms with van der Waals surface area (Å²) in [6.45, 7) is 0. The number of hydrogen-bond donors (Lipinski definition) is 0. The number of aromatic nitrogens is 4. The van der Waals surface area contributed by atoms with Gasteiger partial charge >= 0.3 is 0 Å². The van der Waals surface area contributed by atoms with E-state index in [0.29, 0.717) is 5.95 Å². The van der Waals surface area contributed by atoms with Crippen molar-refractivity contribution in [2.75, 3.05) is 0 Å². The van der Waals surface area contributed by atoms with Gasteiger partial charge in [-0.25, -0.2) is 9.97 Å². The van der Waals surface area contributed by atoms with Gasteiger partial charge in [-0.1, -0.05) is 115 Å². The monoisotopic (exact) mass is 666 g/mol. The fraction of sp³-hybridized carbons (Fsp3) is 0. The second-order valence-electron chi connectivity index (χ2n) is 13.4. The van der Waals surface area contributed by atoms with E-state index in [-0.39, 0.29) is 0 Å². The maximum Gasteiger partial charge on any atom is 0.235 e. The average Bonchev–Trinajstić information content (AvgIpc) is 3.92. The van der Waals surface area contributed by atoms with Gasteiger partial charge in [-0.2, -0.15) is 0 Å². The minimum absolute atomic E-state index is 0.673. The van der Waals surface area contributed by atoms with Crippen molar-refractivity contribution >= 4 is 91.5 Å². The van der Waals surface area contributed by atoms with Crippen LogP contribution in [0.15, 0.2) is 158 Å². The summed E-state index contributed by atoms with van der Waals surface area (Å²) in [6.07, 6.45) is 0. The van der Waals surface area contributed by atoms with Gasteiger partial charge < -0.3 is 0 Å². The van der Waals surface area contributed by atoms with Gasteiger partial charge in [0.15, 0.2) is 0 Å². The molecule has 4 nitrogen and oxygen atoms in total. The zero-order valence-electron chi connectivity index (χ0n) is 27.2. The molecule has 0 unspecified atom stereocenters. The standard InChI is InChI=1S/C46H26N4S/c1-2-11-27(12-3-1)43-32-14-4-7-18-37(32)47-46(48-43)49-38-19-8-5-13-30(38)35-25-28(21-23-39(35)49)29-22-24-40-36(26-29)31-16-10-17-34-42-33-15-6-9-20-41(33)51-45(42)50(40)44(31)34/h1-26H. The van der Waals surface area contributed by atoms with Crippen molar-refractivity contribution in [3.63, 3.8) is 0 Å². The van der Waals surface area contributed by atoms with Crippen LogP contribution in [-0.2, 0) is 0 Å². The van der Waals surface area contributed by atoms with Crippen LogP contribution in [0.5, 0.6) is 0 Å². The number of nitrogens with zero attached hydrogens (tertiary/aromatic N) is 4. The van der Waals surface area contributed by atoms with Crippen molar-refractivity contribution in [1.82, 2.24) is 18.9 Å². The first-order chi connectivity index (χ1) is 25.3. The van der Waals surface area contributed by atoms with Gasteiger partial charge in [-0.15, -0.1) is 11.3 Å². The van der Waals surface area contributed by atoms with E-state index in [9.17, 15) is 0 Å². The van der Waals surface area contributed by atoms with E-state index in [4.69, 9.17) is 9.97 Å². The van der Waals surface area contributed by atoms with Crippen LogP contribution in [0.2, 0.25) is 0 Å². The number of thiophene rings is 1. The minimum atomic E-state index is 0.673. The van der Waals surface area contributed by atoms with Crippen molar-refractivity contribution in [2.24, 2.45) is 0 Å². The van der Waals surface area contributed by atoms with E-state index < -0.39 is 0 Å².